The third-order valence-corrected chi connectivity index (χ3v) is 2.15. The van der Waals surface area contributed by atoms with E-state index in [9.17, 15) is 0 Å². The minimum absolute atomic E-state index is 0.761. The first-order valence-electron chi connectivity index (χ1n) is 4.25. The second kappa shape index (κ2) is 3.28. The summed E-state index contributed by atoms with van der Waals surface area (Å²) in [5, 5.41) is 8.74. The molecule has 1 nitrogen and oxygen atoms in total. The maximum absolute atomic E-state index is 8.74. The fourth-order valence-corrected chi connectivity index (χ4v) is 1.45. The zero-order valence-electron chi connectivity index (χ0n) is 7.20. The maximum Gasteiger partial charge on any atom is 0.0950 e. The van der Waals surface area contributed by atoms with Gasteiger partial charge in [-0.05, 0) is 17.2 Å². The van der Waals surface area contributed by atoms with Crippen molar-refractivity contribution in [3.8, 4) is 6.07 Å². The molecule has 62 valence electrons. The van der Waals surface area contributed by atoms with E-state index in [1.165, 1.54) is 11.1 Å². The lowest BCUT2D eigenvalue weighted by molar-refractivity contribution is 1.16. The van der Waals surface area contributed by atoms with E-state index >= 15 is 0 Å². The Labute approximate surface area is 77.7 Å². The summed E-state index contributed by atoms with van der Waals surface area (Å²) in [4.78, 5) is 0. The number of allylic oxidation sites excluding steroid dienone is 10. The molecule has 0 bridgehead atoms. The van der Waals surface area contributed by atoms with Gasteiger partial charge in [-0.25, -0.2) is 0 Å². The Kier molecular flexibility index (Phi) is 1.97. The smallest absolute Gasteiger partial charge is 0.0950 e. The summed E-state index contributed by atoms with van der Waals surface area (Å²) in [5.41, 5.74) is 3.27. The Morgan fingerprint density at radius 2 is 2.00 bits per heavy atom. The molecule has 0 N–H and O–H groups in total. The third-order valence-electron chi connectivity index (χ3n) is 2.15. The van der Waals surface area contributed by atoms with Crippen molar-refractivity contribution in [1.82, 2.24) is 0 Å². The number of hydrogen-bond acceptors (Lipinski definition) is 1. The molecule has 2 aliphatic rings. The van der Waals surface area contributed by atoms with Gasteiger partial charge in [0.15, 0.2) is 0 Å². The molecule has 0 unspecified atom stereocenters. The molecule has 0 aliphatic heterocycles. The molecule has 0 saturated carbocycles. The average Bonchev–Trinajstić information content (AvgIpc) is 2.41. The number of nitriles is 1. The summed E-state index contributed by atoms with van der Waals surface area (Å²) >= 11 is 0. The quantitative estimate of drug-likeness (QED) is 0.544. The SMILES string of the molecule is N#CC1=CC=C2C=CC=CC=C2C1. The van der Waals surface area contributed by atoms with Gasteiger partial charge < -0.3 is 0 Å². The van der Waals surface area contributed by atoms with Crippen LogP contribution < -0.4 is 0 Å². The molecule has 0 radical (unpaired) electrons. The molecule has 0 fully saturated rings. The molecule has 0 aromatic heterocycles. The van der Waals surface area contributed by atoms with Gasteiger partial charge in [-0.3, -0.25) is 0 Å². The second-order valence-electron chi connectivity index (χ2n) is 3.04. The highest BCUT2D eigenvalue weighted by atomic mass is 14.3. The molecular weight excluding hydrogens is 158 g/mol. The Morgan fingerprint density at radius 1 is 1.08 bits per heavy atom. The van der Waals surface area contributed by atoms with Gasteiger partial charge in [-0.15, -0.1) is 0 Å². The van der Waals surface area contributed by atoms with Crippen LogP contribution in [0.15, 0.2) is 59.3 Å². The van der Waals surface area contributed by atoms with Gasteiger partial charge in [0.05, 0.1) is 6.07 Å². The molecule has 0 amide bonds. The summed E-state index contributed by atoms with van der Waals surface area (Å²) in [7, 11) is 0. The van der Waals surface area contributed by atoms with E-state index < -0.39 is 0 Å². The Bertz CT molecular complexity index is 409. The van der Waals surface area contributed by atoms with Gasteiger partial charge in [0.2, 0.25) is 0 Å². The zero-order valence-corrected chi connectivity index (χ0v) is 7.20. The van der Waals surface area contributed by atoms with Gasteiger partial charge in [0.1, 0.15) is 0 Å². The van der Waals surface area contributed by atoms with Gasteiger partial charge in [-0.2, -0.15) is 5.26 Å². The van der Waals surface area contributed by atoms with Crippen molar-refractivity contribution in [2.45, 2.75) is 6.42 Å². The van der Waals surface area contributed by atoms with E-state index in [-0.39, 0.29) is 0 Å². The highest BCUT2D eigenvalue weighted by molar-refractivity contribution is 5.53. The normalized spacial score (nSPS) is 19.2. The number of hydrogen-bond donors (Lipinski definition) is 0. The van der Waals surface area contributed by atoms with Crippen molar-refractivity contribution in [3.05, 3.63) is 59.3 Å². The van der Waals surface area contributed by atoms with E-state index in [0.717, 1.165) is 12.0 Å². The fourth-order valence-electron chi connectivity index (χ4n) is 1.45. The fraction of sp³-hybridized carbons (Fsp3) is 0.0833. The molecule has 0 spiro atoms. The van der Waals surface area contributed by atoms with E-state index in [4.69, 9.17) is 5.26 Å². The Balaban J connectivity index is 2.42. The largest absolute Gasteiger partial charge is 0.193 e. The van der Waals surface area contributed by atoms with Crippen LogP contribution in [0.25, 0.3) is 0 Å². The van der Waals surface area contributed by atoms with E-state index in [1.807, 2.05) is 30.4 Å². The van der Waals surface area contributed by atoms with Crippen molar-refractivity contribution in [2.75, 3.05) is 0 Å². The molecule has 0 saturated heterocycles. The maximum atomic E-state index is 8.74. The molecule has 0 aromatic carbocycles. The average molecular weight is 167 g/mol. The molecule has 13 heavy (non-hydrogen) atoms. The lowest BCUT2D eigenvalue weighted by Gasteiger charge is -2.10. The van der Waals surface area contributed by atoms with Crippen LogP contribution in [-0.4, -0.2) is 0 Å². The van der Waals surface area contributed by atoms with Crippen LogP contribution in [0.1, 0.15) is 6.42 Å². The third kappa shape index (κ3) is 1.52. The molecule has 2 aliphatic carbocycles. The van der Waals surface area contributed by atoms with E-state index in [1.54, 1.807) is 0 Å². The number of nitrogens with zero attached hydrogens (tertiary/aromatic N) is 1. The van der Waals surface area contributed by atoms with E-state index in [0.29, 0.717) is 0 Å². The summed E-state index contributed by atoms with van der Waals surface area (Å²) in [6, 6.07) is 2.18. The predicted octanol–water partition coefficient (Wildman–Crippen LogP) is 2.82. The minimum Gasteiger partial charge on any atom is -0.193 e. The van der Waals surface area contributed by atoms with E-state index in [2.05, 4.69) is 18.2 Å². The highest BCUT2D eigenvalue weighted by Crippen LogP contribution is 2.26. The molecule has 2 rings (SSSR count). The van der Waals surface area contributed by atoms with Crippen molar-refractivity contribution < 1.29 is 0 Å². The van der Waals surface area contributed by atoms with Crippen LogP contribution in [0.2, 0.25) is 0 Å². The Morgan fingerprint density at radius 3 is 2.85 bits per heavy atom. The van der Waals surface area contributed by atoms with Crippen LogP contribution in [0.5, 0.6) is 0 Å². The topological polar surface area (TPSA) is 23.8 Å². The van der Waals surface area contributed by atoms with Crippen LogP contribution in [0.3, 0.4) is 0 Å². The summed E-state index contributed by atoms with van der Waals surface area (Å²) < 4.78 is 0. The monoisotopic (exact) mass is 167 g/mol. The Hall–Kier alpha value is -1.81. The van der Waals surface area contributed by atoms with Crippen molar-refractivity contribution in [2.24, 2.45) is 0 Å². The van der Waals surface area contributed by atoms with Crippen LogP contribution >= 0.6 is 0 Å². The predicted molar refractivity (Wildman–Crippen MR) is 52.8 cm³/mol. The van der Waals surface area contributed by atoms with Gasteiger partial charge in [0, 0.05) is 12.0 Å². The summed E-state index contributed by atoms with van der Waals surface area (Å²) in [6.45, 7) is 0. The molecular formula is C12H9N. The minimum atomic E-state index is 0.761. The molecule has 0 aromatic rings. The highest BCUT2D eigenvalue weighted by Gasteiger charge is 2.09. The number of fused-ring (bicyclic) bond motifs is 1. The molecule has 0 atom stereocenters. The van der Waals surface area contributed by atoms with Crippen LogP contribution in [0.4, 0.5) is 0 Å². The number of rotatable bonds is 0. The first kappa shape index (κ1) is 7.82. The first-order valence-corrected chi connectivity index (χ1v) is 4.25. The lowest BCUT2D eigenvalue weighted by atomic mass is 9.93. The van der Waals surface area contributed by atoms with Crippen molar-refractivity contribution >= 4 is 0 Å². The van der Waals surface area contributed by atoms with Gasteiger partial charge in [0.25, 0.3) is 0 Å². The van der Waals surface area contributed by atoms with Crippen LogP contribution in [-0.2, 0) is 0 Å². The molecule has 1 heteroatoms. The van der Waals surface area contributed by atoms with Crippen molar-refractivity contribution in [3.63, 3.8) is 0 Å². The summed E-state index contributed by atoms with van der Waals surface area (Å²) in [6.07, 6.45) is 14.8. The first-order chi connectivity index (χ1) is 6.40. The van der Waals surface area contributed by atoms with Crippen molar-refractivity contribution in [1.29, 1.82) is 5.26 Å². The second-order valence-corrected chi connectivity index (χ2v) is 3.04. The summed E-state index contributed by atoms with van der Waals surface area (Å²) in [5.74, 6) is 0. The van der Waals surface area contributed by atoms with Gasteiger partial charge >= 0.3 is 0 Å². The molecule has 0 heterocycles. The lowest BCUT2D eigenvalue weighted by Crippen LogP contribution is -1.94. The van der Waals surface area contributed by atoms with Gasteiger partial charge in [-0.1, -0.05) is 36.5 Å². The zero-order chi connectivity index (χ0) is 9.10. The standard InChI is InChI=1S/C12H9N/c13-9-10-6-7-11-4-2-1-3-5-12(11)8-10/h1-7H,8H2. The van der Waals surface area contributed by atoms with Crippen LogP contribution in [0, 0.1) is 11.3 Å².